The summed E-state index contributed by atoms with van der Waals surface area (Å²) in [6.07, 6.45) is 1.73. The van der Waals surface area contributed by atoms with Crippen molar-refractivity contribution in [2.45, 2.75) is 0 Å². The Balaban J connectivity index is 2.13. The average molecular weight is 254 g/mol. The molecule has 0 aliphatic heterocycles. The highest BCUT2D eigenvalue weighted by atomic mass is 16.4. The van der Waals surface area contributed by atoms with E-state index in [1.165, 1.54) is 12.1 Å². The summed E-state index contributed by atoms with van der Waals surface area (Å²) in [5.41, 5.74) is 8.05. The Morgan fingerprint density at radius 2 is 1.84 bits per heavy atom. The molecule has 0 saturated heterocycles. The molecule has 0 atom stereocenters. The van der Waals surface area contributed by atoms with E-state index in [-0.39, 0.29) is 5.56 Å². The van der Waals surface area contributed by atoms with Gasteiger partial charge in [-0.3, -0.25) is 4.40 Å². The molecule has 0 fully saturated rings. The largest absolute Gasteiger partial charge is 0.478 e. The molecule has 0 bridgehead atoms. The number of hydrogen-bond donors (Lipinski definition) is 2. The number of fused-ring (bicyclic) bond motifs is 1. The maximum absolute atomic E-state index is 10.8. The molecule has 6 nitrogen and oxygen atoms in total. The van der Waals surface area contributed by atoms with Crippen LogP contribution in [0.1, 0.15) is 10.4 Å². The van der Waals surface area contributed by atoms with Crippen LogP contribution < -0.4 is 5.73 Å². The van der Waals surface area contributed by atoms with Crippen LogP contribution in [-0.4, -0.2) is 25.7 Å². The van der Waals surface area contributed by atoms with Gasteiger partial charge in [0.2, 0.25) is 0 Å². The zero-order valence-electron chi connectivity index (χ0n) is 9.82. The molecule has 0 amide bonds. The van der Waals surface area contributed by atoms with E-state index in [1.807, 2.05) is 0 Å². The summed E-state index contributed by atoms with van der Waals surface area (Å²) < 4.78 is 1.77. The van der Waals surface area contributed by atoms with E-state index in [9.17, 15) is 4.79 Å². The first-order valence-corrected chi connectivity index (χ1v) is 5.59. The molecule has 2 aromatic heterocycles. The molecule has 3 aromatic rings. The maximum Gasteiger partial charge on any atom is 0.335 e. The summed E-state index contributed by atoms with van der Waals surface area (Å²) in [6.45, 7) is 0. The molecule has 6 heteroatoms. The summed E-state index contributed by atoms with van der Waals surface area (Å²) in [4.78, 5) is 10.8. The van der Waals surface area contributed by atoms with Gasteiger partial charge >= 0.3 is 5.97 Å². The third-order valence-corrected chi connectivity index (χ3v) is 2.82. The lowest BCUT2D eigenvalue weighted by atomic mass is 10.1. The highest BCUT2D eigenvalue weighted by molar-refractivity contribution is 5.88. The van der Waals surface area contributed by atoms with Crippen LogP contribution >= 0.6 is 0 Å². The molecule has 19 heavy (non-hydrogen) atoms. The van der Waals surface area contributed by atoms with Crippen molar-refractivity contribution in [1.82, 2.24) is 14.6 Å². The minimum atomic E-state index is -0.957. The average Bonchev–Trinajstić information content (AvgIpc) is 2.81. The van der Waals surface area contributed by atoms with Gasteiger partial charge in [-0.25, -0.2) is 4.79 Å². The van der Waals surface area contributed by atoms with Crippen LogP contribution in [0, 0.1) is 0 Å². The van der Waals surface area contributed by atoms with Gasteiger partial charge in [-0.1, -0.05) is 12.1 Å². The molecular formula is C13H10N4O2. The zero-order valence-corrected chi connectivity index (χ0v) is 9.82. The Labute approximate surface area is 108 Å². The van der Waals surface area contributed by atoms with Gasteiger partial charge in [0.15, 0.2) is 11.5 Å². The monoisotopic (exact) mass is 254 g/mol. The van der Waals surface area contributed by atoms with Crippen LogP contribution in [0.5, 0.6) is 0 Å². The second kappa shape index (κ2) is 4.09. The van der Waals surface area contributed by atoms with Crippen molar-refractivity contribution >= 4 is 17.3 Å². The predicted octanol–water partition coefficient (Wildman–Crippen LogP) is 1.68. The van der Waals surface area contributed by atoms with Gasteiger partial charge in [0.05, 0.1) is 5.56 Å². The van der Waals surface area contributed by atoms with Crippen molar-refractivity contribution in [2.24, 2.45) is 0 Å². The summed E-state index contributed by atoms with van der Waals surface area (Å²) >= 11 is 0. The number of nitrogen functional groups attached to an aromatic ring is 1. The number of anilines is 1. The first-order chi connectivity index (χ1) is 9.15. The first kappa shape index (κ1) is 11.2. The highest BCUT2D eigenvalue weighted by Crippen LogP contribution is 2.20. The van der Waals surface area contributed by atoms with Crippen LogP contribution in [-0.2, 0) is 0 Å². The number of pyridine rings is 1. The zero-order chi connectivity index (χ0) is 13.4. The van der Waals surface area contributed by atoms with Gasteiger partial charge in [0.25, 0.3) is 0 Å². The molecule has 0 aliphatic rings. The lowest BCUT2D eigenvalue weighted by molar-refractivity contribution is 0.0697. The van der Waals surface area contributed by atoms with Gasteiger partial charge in [0, 0.05) is 17.4 Å². The molecular weight excluding hydrogens is 244 g/mol. The number of aromatic carboxylic acids is 1. The van der Waals surface area contributed by atoms with Crippen molar-refractivity contribution in [3.8, 4) is 11.4 Å². The second-order valence-corrected chi connectivity index (χ2v) is 4.10. The van der Waals surface area contributed by atoms with Crippen LogP contribution in [0.2, 0.25) is 0 Å². The van der Waals surface area contributed by atoms with Gasteiger partial charge < -0.3 is 10.8 Å². The second-order valence-electron chi connectivity index (χ2n) is 4.10. The smallest absolute Gasteiger partial charge is 0.335 e. The molecule has 3 rings (SSSR count). The number of nitrogens with two attached hydrogens (primary N) is 1. The quantitative estimate of drug-likeness (QED) is 0.725. The number of aromatic nitrogens is 3. The lowest BCUT2D eigenvalue weighted by Crippen LogP contribution is -1.96. The molecule has 94 valence electrons. The van der Waals surface area contributed by atoms with E-state index >= 15 is 0 Å². The SMILES string of the molecule is Nc1ccc2nnc(-c3ccc(C(=O)O)cc3)n2c1. The number of carboxylic acid groups (broad SMARTS) is 1. The Bertz CT molecular complexity index is 762. The third-order valence-electron chi connectivity index (χ3n) is 2.82. The highest BCUT2D eigenvalue weighted by Gasteiger charge is 2.09. The summed E-state index contributed by atoms with van der Waals surface area (Å²) in [7, 11) is 0. The van der Waals surface area contributed by atoms with Gasteiger partial charge in [-0.2, -0.15) is 0 Å². The van der Waals surface area contributed by atoms with Crippen molar-refractivity contribution in [2.75, 3.05) is 5.73 Å². The lowest BCUT2D eigenvalue weighted by Gasteiger charge is -2.01. The Morgan fingerprint density at radius 3 is 2.53 bits per heavy atom. The number of carboxylic acids is 1. The fourth-order valence-electron chi connectivity index (χ4n) is 1.87. The van der Waals surface area contributed by atoms with E-state index < -0.39 is 5.97 Å². The topological polar surface area (TPSA) is 93.5 Å². The molecule has 0 aliphatic carbocycles. The molecule has 1 aromatic carbocycles. The minimum Gasteiger partial charge on any atom is -0.478 e. The van der Waals surface area contributed by atoms with E-state index in [0.29, 0.717) is 17.2 Å². The van der Waals surface area contributed by atoms with Gasteiger partial charge in [0.1, 0.15) is 0 Å². The van der Waals surface area contributed by atoms with Crippen LogP contribution in [0.3, 0.4) is 0 Å². The maximum atomic E-state index is 10.8. The van der Waals surface area contributed by atoms with Crippen molar-refractivity contribution in [1.29, 1.82) is 0 Å². The van der Waals surface area contributed by atoms with E-state index in [1.54, 1.807) is 34.9 Å². The summed E-state index contributed by atoms with van der Waals surface area (Å²) in [5, 5.41) is 17.0. The Hall–Kier alpha value is -2.89. The van der Waals surface area contributed by atoms with Crippen LogP contribution in [0.4, 0.5) is 5.69 Å². The molecule has 0 spiro atoms. The number of hydrogen-bond acceptors (Lipinski definition) is 4. The Kier molecular flexibility index (Phi) is 2.42. The number of rotatable bonds is 2. The molecule has 0 saturated carbocycles. The van der Waals surface area contributed by atoms with Crippen LogP contribution in [0.15, 0.2) is 42.6 Å². The van der Waals surface area contributed by atoms with Crippen molar-refractivity contribution in [3.05, 3.63) is 48.2 Å². The fraction of sp³-hybridized carbons (Fsp3) is 0. The molecule has 0 radical (unpaired) electrons. The predicted molar refractivity (Wildman–Crippen MR) is 69.8 cm³/mol. The normalized spacial score (nSPS) is 10.7. The van der Waals surface area contributed by atoms with Gasteiger partial charge in [-0.15, -0.1) is 10.2 Å². The van der Waals surface area contributed by atoms with E-state index in [4.69, 9.17) is 10.8 Å². The van der Waals surface area contributed by atoms with Gasteiger partial charge in [-0.05, 0) is 24.3 Å². The van der Waals surface area contributed by atoms with E-state index in [0.717, 1.165) is 5.56 Å². The molecule has 3 N–H and O–H groups in total. The number of benzene rings is 1. The molecule has 2 heterocycles. The minimum absolute atomic E-state index is 0.233. The van der Waals surface area contributed by atoms with Crippen molar-refractivity contribution < 1.29 is 9.90 Å². The summed E-state index contributed by atoms with van der Waals surface area (Å²) in [6, 6.07) is 9.99. The molecule has 0 unspecified atom stereocenters. The number of nitrogens with zero attached hydrogens (tertiary/aromatic N) is 3. The van der Waals surface area contributed by atoms with E-state index in [2.05, 4.69) is 10.2 Å². The fourth-order valence-corrected chi connectivity index (χ4v) is 1.87. The summed E-state index contributed by atoms with van der Waals surface area (Å²) in [5.74, 6) is -0.332. The Morgan fingerprint density at radius 1 is 1.11 bits per heavy atom. The van der Waals surface area contributed by atoms with Crippen LogP contribution in [0.25, 0.3) is 17.0 Å². The third kappa shape index (κ3) is 1.89. The number of carbonyl (C=O) groups is 1. The first-order valence-electron chi connectivity index (χ1n) is 5.59. The standard InChI is InChI=1S/C13H10N4O2/c14-10-5-6-11-15-16-12(17(11)7-10)8-1-3-9(4-2-8)13(18)19/h1-7H,14H2,(H,18,19). The van der Waals surface area contributed by atoms with Crippen molar-refractivity contribution in [3.63, 3.8) is 0 Å².